The Hall–Kier alpha value is -4.50. The Balaban J connectivity index is 0.957. The van der Waals surface area contributed by atoms with Gasteiger partial charge in [0.25, 0.3) is 5.69 Å². The van der Waals surface area contributed by atoms with Crippen LogP contribution < -0.4 is 15.2 Å². The summed E-state index contributed by atoms with van der Waals surface area (Å²) in [4.78, 5) is 12.0. The van der Waals surface area contributed by atoms with Gasteiger partial charge in [0.15, 0.2) is 0 Å². The quantitative estimate of drug-likeness (QED) is 0.106. The number of aliphatic hydroxyl groups is 2. The van der Waals surface area contributed by atoms with Gasteiger partial charge in [-0.2, -0.15) is 0 Å². The molecule has 0 saturated heterocycles. The van der Waals surface area contributed by atoms with Gasteiger partial charge in [-0.3, -0.25) is 10.1 Å². The second kappa shape index (κ2) is 13.3. The van der Waals surface area contributed by atoms with Crippen LogP contribution in [0.1, 0.15) is 123 Å². The van der Waals surface area contributed by atoms with Gasteiger partial charge in [-0.15, -0.1) is 0 Å². The molecule has 3 aromatic rings. The molecule has 4 saturated carbocycles. The van der Waals surface area contributed by atoms with E-state index in [1.54, 1.807) is 14.2 Å². The van der Waals surface area contributed by atoms with Crippen LogP contribution in [0.2, 0.25) is 0 Å². The zero-order chi connectivity index (χ0) is 39.2. The van der Waals surface area contributed by atoms with E-state index < -0.39 is 27.0 Å². The summed E-state index contributed by atoms with van der Waals surface area (Å²) < 4.78 is 11.0. The van der Waals surface area contributed by atoms with Crippen molar-refractivity contribution in [1.82, 2.24) is 0 Å². The first kappa shape index (κ1) is 37.1. The van der Waals surface area contributed by atoms with Gasteiger partial charge >= 0.3 is 0 Å². The maximum atomic E-state index is 12.5. The molecule has 0 bridgehead atoms. The highest BCUT2D eigenvalue weighted by Crippen LogP contribution is 2.65. The Morgan fingerprint density at radius 2 is 1.18 bits per heavy atom. The molecule has 0 unspecified atom stereocenters. The van der Waals surface area contributed by atoms with Crippen LogP contribution in [-0.2, 0) is 12.8 Å². The molecule has 0 heterocycles. The lowest BCUT2D eigenvalue weighted by Gasteiger charge is -2.52. The maximum Gasteiger partial charge on any atom is 0.286 e. The van der Waals surface area contributed by atoms with Crippen LogP contribution in [0.15, 0.2) is 48.5 Å². The Bertz CT molecular complexity index is 2250. The lowest BCUT2D eigenvalue weighted by atomic mass is 9.53. The van der Waals surface area contributed by atoms with E-state index in [0.717, 1.165) is 75.7 Å². The minimum Gasteiger partial charge on any atom is -0.497 e. The number of benzene rings is 3. The van der Waals surface area contributed by atoms with E-state index in [1.807, 2.05) is 0 Å². The number of nitrogen functional groups attached to an aromatic ring is 1. The molecule has 9 rings (SSSR count). The summed E-state index contributed by atoms with van der Waals surface area (Å²) in [5.41, 5.74) is 9.41. The normalized spacial score (nSPS) is 36.1. The fraction of sp³-hybridized carbons (Fsp3) is 0.542. The van der Waals surface area contributed by atoms with Crippen molar-refractivity contribution in [3.63, 3.8) is 0 Å². The lowest BCUT2D eigenvalue weighted by Crippen LogP contribution is -2.50. The van der Waals surface area contributed by atoms with E-state index in [-0.39, 0.29) is 16.9 Å². The number of ether oxygens (including phenoxy) is 2. The molecule has 10 atom stereocenters. The van der Waals surface area contributed by atoms with E-state index >= 15 is 0 Å². The number of nitro benzene ring substituents is 1. The summed E-state index contributed by atoms with van der Waals surface area (Å²) in [7, 11) is 3.42. The first-order chi connectivity index (χ1) is 26.8. The van der Waals surface area contributed by atoms with Gasteiger partial charge in [-0.25, -0.2) is 0 Å². The molecule has 292 valence electrons. The zero-order valence-electron chi connectivity index (χ0n) is 33.1. The minimum atomic E-state index is -1.27. The van der Waals surface area contributed by atoms with Crippen molar-refractivity contribution < 1.29 is 24.6 Å². The third-order valence-electron chi connectivity index (χ3n) is 16.3. The molecule has 0 radical (unpaired) electrons. The Kier molecular flexibility index (Phi) is 8.80. The van der Waals surface area contributed by atoms with Crippen LogP contribution in [0.3, 0.4) is 0 Å². The first-order valence-electron chi connectivity index (χ1n) is 20.7. The molecule has 6 aliphatic carbocycles. The molecule has 3 aromatic carbocycles. The monoisotopic (exact) mass is 754 g/mol. The zero-order valence-corrected chi connectivity index (χ0v) is 33.1. The number of nitro groups is 1. The molecule has 8 heteroatoms. The Morgan fingerprint density at radius 3 is 1.64 bits per heavy atom. The summed E-state index contributed by atoms with van der Waals surface area (Å²) in [5.74, 6) is 16.9. The molecule has 4 N–H and O–H groups in total. The standard InChI is InChI=1S/C48H54N2O6/c1-45-19-15-37-35-11-7-33(55-3)25-29(35)5-9-39(37)41(45)17-23-47(45,51)21-13-31-28-44(50(53)54)32(27-43(31)49)14-22-48(52)24-18-42-40-10-6-30-26-34(56-4)8-12-36(30)38(40)16-20-46(42,48)2/h7-8,11-12,25-28,37-42,51-52H,5-6,9-10,15-20,23-24,49H2,1-4H3/t37-,38-,39-,40-,41+,42+,45+,46+,47+,48+/m1/s1. The Morgan fingerprint density at radius 1 is 0.696 bits per heavy atom. The van der Waals surface area contributed by atoms with Crippen molar-refractivity contribution in [2.45, 2.75) is 114 Å². The number of nitrogens with zero attached hydrogens (tertiary/aromatic N) is 1. The molecule has 6 aliphatic rings. The SMILES string of the molecule is COc1ccc2c(c1)CC[C@@H]1[C@@H]2CC[C@@]2(C)[C@H]1CC[C@@]2(O)C#Cc1cc([N+](=O)[O-])c(C#C[C@]2(O)CC[C@H]3[C@@H]4CCc5cc(OC)ccc5[C@H]4CC[C@@]32C)cc1N. The maximum absolute atomic E-state index is 12.5. The van der Waals surface area contributed by atoms with Crippen LogP contribution in [0.5, 0.6) is 11.5 Å². The lowest BCUT2D eigenvalue weighted by molar-refractivity contribution is -0.385. The van der Waals surface area contributed by atoms with E-state index in [1.165, 1.54) is 34.4 Å². The summed E-state index contributed by atoms with van der Waals surface area (Å²) in [5, 5.41) is 37.0. The largest absolute Gasteiger partial charge is 0.497 e. The number of rotatable bonds is 3. The summed E-state index contributed by atoms with van der Waals surface area (Å²) in [6.45, 7) is 4.37. The van der Waals surface area contributed by atoms with Gasteiger partial charge in [-0.1, -0.05) is 49.7 Å². The average Bonchev–Trinajstić information content (AvgIpc) is 3.63. The predicted octanol–water partition coefficient (Wildman–Crippen LogP) is 8.47. The number of anilines is 1. The van der Waals surface area contributed by atoms with Gasteiger partial charge in [0.05, 0.1) is 24.7 Å². The van der Waals surface area contributed by atoms with Crippen molar-refractivity contribution in [3.05, 3.63) is 92.0 Å². The molecule has 8 nitrogen and oxygen atoms in total. The van der Waals surface area contributed by atoms with Crippen LogP contribution in [0, 0.1) is 68.3 Å². The van der Waals surface area contributed by atoms with Crippen molar-refractivity contribution in [1.29, 1.82) is 0 Å². The van der Waals surface area contributed by atoms with Crippen molar-refractivity contribution >= 4 is 11.4 Å². The Labute approximate surface area is 330 Å². The van der Waals surface area contributed by atoms with Gasteiger partial charge < -0.3 is 25.4 Å². The minimum absolute atomic E-state index is 0.174. The van der Waals surface area contributed by atoms with Crippen molar-refractivity contribution in [2.75, 3.05) is 20.0 Å². The second-order valence-corrected chi connectivity index (χ2v) is 18.4. The van der Waals surface area contributed by atoms with E-state index in [0.29, 0.717) is 53.9 Å². The van der Waals surface area contributed by atoms with Gasteiger partial charge in [0.1, 0.15) is 28.3 Å². The highest BCUT2D eigenvalue weighted by molar-refractivity contribution is 5.67. The molecule has 0 aliphatic heterocycles. The fourth-order valence-corrected chi connectivity index (χ4v) is 13.1. The van der Waals surface area contributed by atoms with Crippen LogP contribution in [0.25, 0.3) is 0 Å². The summed E-state index contributed by atoms with van der Waals surface area (Å²) in [6.07, 6.45) is 10.7. The molecule has 0 aromatic heterocycles. The van der Waals surface area contributed by atoms with Crippen molar-refractivity contribution in [3.8, 4) is 35.2 Å². The van der Waals surface area contributed by atoms with Gasteiger partial charge in [0, 0.05) is 22.6 Å². The number of nitrogens with two attached hydrogens (primary N) is 1. The number of methoxy groups -OCH3 is 2. The third kappa shape index (κ3) is 5.50. The molecular weight excluding hydrogens is 701 g/mol. The van der Waals surface area contributed by atoms with E-state index in [9.17, 15) is 20.3 Å². The summed E-state index contributed by atoms with van der Waals surface area (Å²) in [6, 6.07) is 15.9. The second-order valence-electron chi connectivity index (χ2n) is 18.4. The fourth-order valence-electron chi connectivity index (χ4n) is 13.1. The van der Waals surface area contributed by atoms with Crippen LogP contribution in [0.4, 0.5) is 11.4 Å². The van der Waals surface area contributed by atoms with Crippen LogP contribution >= 0.6 is 0 Å². The van der Waals surface area contributed by atoms with E-state index in [2.05, 4.69) is 73.9 Å². The van der Waals surface area contributed by atoms with Gasteiger partial charge in [-0.05, 0) is 165 Å². The number of aryl methyl sites for hydroxylation is 2. The molecule has 56 heavy (non-hydrogen) atoms. The molecule has 4 fully saturated rings. The third-order valence-corrected chi connectivity index (χ3v) is 16.3. The highest BCUT2D eigenvalue weighted by atomic mass is 16.6. The smallest absolute Gasteiger partial charge is 0.286 e. The number of fused-ring (bicyclic) bond motifs is 10. The van der Waals surface area contributed by atoms with Crippen LogP contribution in [-0.4, -0.2) is 40.6 Å². The molecular formula is C48H54N2O6. The predicted molar refractivity (Wildman–Crippen MR) is 216 cm³/mol. The topological polar surface area (TPSA) is 128 Å². The number of hydrogen-bond acceptors (Lipinski definition) is 7. The highest BCUT2D eigenvalue weighted by Gasteiger charge is 2.62. The van der Waals surface area contributed by atoms with Crippen molar-refractivity contribution in [2.24, 2.45) is 34.5 Å². The first-order valence-corrected chi connectivity index (χ1v) is 20.7. The van der Waals surface area contributed by atoms with Gasteiger partial charge in [0.2, 0.25) is 0 Å². The molecule has 0 spiro atoms. The number of hydrogen-bond donors (Lipinski definition) is 3. The summed E-state index contributed by atoms with van der Waals surface area (Å²) >= 11 is 0. The molecule has 0 amide bonds. The van der Waals surface area contributed by atoms with E-state index in [4.69, 9.17) is 15.2 Å². The average molecular weight is 755 g/mol.